The highest BCUT2D eigenvalue weighted by atomic mass is 79.9. The maximum Gasteiger partial charge on any atom is 0.264 e. The number of rotatable bonds is 7. The standard InChI is InChI=1S/C25H24BrN3O5S/c26-19-10-12-20(13-11-19)29(35(32,33)21-6-2-1-3-7-21)18-24(30)27-23-9-5-4-8-22(23)25(31)28-14-16-34-17-15-28/h1-13H,14-18H2,(H,27,30). The van der Waals surface area contributed by atoms with E-state index in [0.29, 0.717) is 43.2 Å². The zero-order valence-electron chi connectivity index (χ0n) is 18.8. The molecule has 1 saturated heterocycles. The van der Waals surface area contributed by atoms with Crippen LogP contribution in [0.15, 0.2) is 88.2 Å². The van der Waals surface area contributed by atoms with Gasteiger partial charge in [-0.3, -0.25) is 13.9 Å². The third-order valence-electron chi connectivity index (χ3n) is 5.46. The quantitative estimate of drug-likeness (QED) is 0.477. The number of carbonyl (C=O) groups excluding carboxylic acids is 2. The predicted octanol–water partition coefficient (Wildman–Crippen LogP) is 3.76. The number of sulfonamides is 1. The van der Waals surface area contributed by atoms with E-state index in [-0.39, 0.29) is 10.8 Å². The molecule has 1 fully saturated rings. The number of benzene rings is 3. The minimum atomic E-state index is -4.03. The van der Waals surface area contributed by atoms with Crippen molar-refractivity contribution in [1.82, 2.24) is 4.90 Å². The van der Waals surface area contributed by atoms with Gasteiger partial charge >= 0.3 is 0 Å². The third-order valence-corrected chi connectivity index (χ3v) is 7.78. The molecular weight excluding hydrogens is 534 g/mol. The maximum absolute atomic E-state index is 13.4. The minimum absolute atomic E-state index is 0.0682. The van der Waals surface area contributed by atoms with Gasteiger partial charge in [0.05, 0.1) is 35.0 Å². The third kappa shape index (κ3) is 5.90. The molecule has 0 radical (unpaired) electrons. The first-order valence-corrected chi connectivity index (χ1v) is 13.2. The smallest absolute Gasteiger partial charge is 0.264 e. The van der Waals surface area contributed by atoms with E-state index in [2.05, 4.69) is 21.2 Å². The lowest BCUT2D eigenvalue weighted by molar-refractivity contribution is -0.114. The van der Waals surface area contributed by atoms with E-state index in [1.165, 1.54) is 12.1 Å². The summed E-state index contributed by atoms with van der Waals surface area (Å²) in [5.41, 5.74) is 0.996. The molecule has 1 aliphatic rings. The average Bonchev–Trinajstić information content (AvgIpc) is 2.89. The summed E-state index contributed by atoms with van der Waals surface area (Å²) in [7, 11) is -4.03. The van der Waals surface area contributed by atoms with Crippen LogP contribution in [0.2, 0.25) is 0 Å². The molecule has 182 valence electrons. The fourth-order valence-corrected chi connectivity index (χ4v) is 5.38. The van der Waals surface area contributed by atoms with Crippen molar-refractivity contribution in [3.8, 4) is 0 Å². The first-order chi connectivity index (χ1) is 16.9. The second-order valence-corrected chi connectivity index (χ2v) is 10.6. The summed E-state index contributed by atoms with van der Waals surface area (Å²) in [5.74, 6) is -0.791. The summed E-state index contributed by atoms with van der Waals surface area (Å²) < 4.78 is 34.0. The van der Waals surface area contributed by atoms with Crippen LogP contribution in [-0.4, -0.2) is 58.0 Å². The van der Waals surface area contributed by atoms with Crippen LogP contribution in [0.3, 0.4) is 0 Å². The van der Waals surface area contributed by atoms with Crippen molar-refractivity contribution in [2.24, 2.45) is 0 Å². The van der Waals surface area contributed by atoms with Crippen molar-refractivity contribution in [3.63, 3.8) is 0 Å². The Kier molecular flexibility index (Phi) is 7.84. The van der Waals surface area contributed by atoms with Crippen LogP contribution in [-0.2, 0) is 19.6 Å². The molecule has 1 aliphatic heterocycles. The van der Waals surface area contributed by atoms with Crippen molar-refractivity contribution in [1.29, 1.82) is 0 Å². The lowest BCUT2D eigenvalue weighted by Gasteiger charge is -2.28. The van der Waals surface area contributed by atoms with Crippen LogP contribution in [0.4, 0.5) is 11.4 Å². The fraction of sp³-hybridized carbons (Fsp3) is 0.200. The molecule has 35 heavy (non-hydrogen) atoms. The Hall–Kier alpha value is -3.21. The van der Waals surface area contributed by atoms with Crippen LogP contribution in [0.5, 0.6) is 0 Å². The van der Waals surface area contributed by atoms with Gasteiger partial charge in [0.1, 0.15) is 6.54 Å². The van der Waals surface area contributed by atoms with E-state index < -0.39 is 22.5 Å². The van der Waals surface area contributed by atoms with E-state index >= 15 is 0 Å². The molecule has 0 saturated carbocycles. The molecule has 4 rings (SSSR count). The number of hydrogen-bond donors (Lipinski definition) is 1. The summed E-state index contributed by atoms with van der Waals surface area (Å²) in [6, 6.07) is 21.3. The molecule has 0 aromatic heterocycles. The lowest BCUT2D eigenvalue weighted by Crippen LogP contribution is -2.41. The van der Waals surface area contributed by atoms with Crippen molar-refractivity contribution in [3.05, 3.63) is 88.9 Å². The van der Waals surface area contributed by atoms with Gasteiger partial charge in [-0.25, -0.2) is 8.42 Å². The number of nitrogens with one attached hydrogen (secondary N) is 1. The van der Waals surface area contributed by atoms with Crippen molar-refractivity contribution in [2.75, 3.05) is 42.5 Å². The molecule has 0 aliphatic carbocycles. The Balaban J connectivity index is 1.60. The van der Waals surface area contributed by atoms with E-state index in [1.54, 1.807) is 71.6 Å². The minimum Gasteiger partial charge on any atom is -0.378 e. The molecule has 3 aromatic carbocycles. The van der Waals surface area contributed by atoms with Crippen molar-refractivity contribution >= 4 is 49.1 Å². The fourth-order valence-electron chi connectivity index (χ4n) is 3.68. The van der Waals surface area contributed by atoms with Crippen molar-refractivity contribution in [2.45, 2.75) is 4.90 Å². The number of hydrogen-bond acceptors (Lipinski definition) is 5. The van der Waals surface area contributed by atoms with E-state index in [4.69, 9.17) is 4.74 Å². The molecule has 0 bridgehead atoms. The van der Waals surface area contributed by atoms with Crippen LogP contribution in [0.25, 0.3) is 0 Å². The zero-order valence-corrected chi connectivity index (χ0v) is 21.2. The second-order valence-electron chi connectivity index (χ2n) is 7.80. The van der Waals surface area contributed by atoms with Gasteiger partial charge in [0.2, 0.25) is 5.91 Å². The van der Waals surface area contributed by atoms with Gasteiger partial charge in [0.15, 0.2) is 0 Å². The SMILES string of the molecule is O=C(CN(c1ccc(Br)cc1)S(=O)(=O)c1ccccc1)Nc1ccccc1C(=O)N1CCOCC1. The maximum atomic E-state index is 13.4. The molecule has 1 heterocycles. The molecule has 3 aromatic rings. The number of carbonyl (C=O) groups is 2. The van der Waals surface area contributed by atoms with Crippen LogP contribution >= 0.6 is 15.9 Å². The lowest BCUT2D eigenvalue weighted by atomic mass is 10.1. The van der Waals surface area contributed by atoms with Crippen LogP contribution in [0, 0.1) is 0 Å². The van der Waals surface area contributed by atoms with Crippen LogP contribution < -0.4 is 9.62 Å². The summed E-state index contributed by atoms with van der Waals surface area (Å²) in [6.45, 7) is 1.38. The molecule has 10 heteroatoms. The summed E-state index contributed by atoms with van der Waals surface area (Å²) in [6.07, 6.45) is 0. The first-order valence-electron chi connectivity index (χ1n) is 11.0. The van der Waals surface area contributed by atoms with E-state index in [1.807, 2.05) is 0 Å². The Morgan fingerprint density at radius 1 is 0.914 bits per heavy atom. The Morgan fingerprint density at radius 3 is 2.23 bits per heavy atom. The monoisotopic (exact) mass is 557 g/mol. The summed E-state index contributed by atoms with van der Waals surface area (Å²) in [5, 5.41) is 2.73. The predicted molar refractivity (Wildman–Crippen MR) is 137 cm³/mol. The number of anilines is 2. The van der Waals surface area contributed by atoms with E-state index in [0.717, 1.165) is 8.78 Å². The normalized spacial score (nSPS) is 13.8. The molecule has 2 amide bonds. The first kappa shape index (κ1) is 24.9. The molecule has 0 atom stereocenters. The van der Waals surface area contributed by atoms with Crippen molar-refractivity contribution < 1.29 is 22.7 Å². The highest BCUT2D eigenvalue weighted by Crippen LogP contribution is 2.26. The van der Waals surface area contributed by atoms with Gasteiger partial charge in [0, 0.05) is 17.6 Å². The number of nitrogens with zero attached hydrogens (tertiary/aromatic N) is 2. The number of morpholine rings is 1. The molecular formula is C25H24BrN3O5S. The molecule has 0 spiro atoms. The Morgan fingerprint density at radius 2 is 1.54 bits per heavy atom. The number of ether oxygens (including phenoxy) is 1. The van der Waals surface area contributed by atoms with Gasteiger partial charge in [-0.1, -0.05) is 46.3 Å². The average molecular weight is 558 g/mol. The second kappa shape index (κ2) is 11.0. The topological polar surface area (TPSA) is 96.0 Å². The van der Waals surface area contributed by atoms with Gasteiger partial charge in [-0.05, 0) is 48.5 Å². The number of para-hydroxylation sites is 1. The highest BCUT2D eigenvalue weighted by molar-refractivity contribution is 9.10. The van der Waals surface area contributed by atoms with Gasteiger partial charge in [-0.2, -0.15) is 0 Å². The Bertz CT molecular complexity index is 1290. The zero-order chi connectivity index (χ0) is 24.8. The van der Waals surface area contributed by atoms with Crippen LogP contribution in [0.1, 0.15) is 10.4 Å². The van der Waals surface area contributed by atoms with E-state index in [9.17, 15) is 18.0 Å². The largest absolute Gasteiger partial charge is 0.378 e. The molecule has 1 N–H and O–H groups in total. The molecule has 8 nitrogen and oxygen atoms in total. The Labute approximate surface area is 212 Å². The van der Waals surface area contributed by atoms with Gasteiger partial charge < -0.3 is 15.0 Å². The molecule has 0 unspecified atom stereocenters. The summed E-state index contributed by atoms with van der Waals surface area (Å²) >= 11 is 3.35. The summed E-state index contributed by atoms with van der Waals surface area (Å²) in [4.78, 5) is 27.9. The number of halogens is 1. The number of amides is 2. The van der Waals surface area contributed by atoms with Gasteiger partial charge in [-0.15, -0.1) is 0 Å². The van der Waals surface area contributed by atoms with Gasteiger partial charge in [0.25, 0.3) is 15.9 Å². The highest BCUT2D eigenvalue weighted by Gasteiger charge is 2.28.